The number of nitrogens with two attached hydrogens (primary N) is 1. The normalized spacial score (nSPS) is 13.5. The van der Waals surface area contributed by atoms with Gasteiger partial charge in [0, 0.05) is 13.6 Å². The van der Waals surface area contributed by atoms with E-state index >= 15 is 0 Å². The van der Waals surface area contributed by atoms with Gasteiger partial charge in [0.25, 0.3) is 0 Å². The molecule has 0 aliphatic carbocycles. The third-order valence-corrected chi connectivity index (χ3v) is 1.18. The van der Waals surface area contributed by atoms with Gasteiger partial charge >= 0.3 is 0 Å². The lowest BCUT2D eigenvalue weighted by Crippen LogP contribution is -2.12. The predicted octanol–water partition coefficient (Wildman–Crippen LogP) is -1.19. The summed E-state index contributed by atoms with van der Waals surface area (Å²) in [5.41, 5.74) is 5.70. The molecule has 0 radical (unpaired) electrons. The summed E-state index contributed by atoms with van der Waals surface area (Å²) < 4.78 is 0. The van der Waals surface area contributed by atoms with E-state index in [1.165, 1.54) is 11.0 Å². The smallest absolute Gasteiger partial charge is 0.112 e. The van der Waals surface area contributed by atoms with Gasteiger partial charge in [0.05, 0.1) is 6.20 Å². The fraction of sp³-hybridized carbons (Fsp3) is 0.600. The molecule has 1 rings (SSSR count). The molecule has 0 saturated carbocycles. The average Bonchev–Trinajstić information content (AvgIpc) is 2.34. The SMILES string of the molecule is Cn1ncc(C(O)CN)n1. The van der Waals surface area contributed by atoms with Gasteiger partial charge in [0.1, 0.15) is 11.8 Å². The van der Waals surface area contributed by atoms with Crippen molar-refractivity contribution in [2.24, 2.45) is 12.8 Å². The monoisotopic (exact) mass is 142 g/mol. The Morgan fingerprint density at radius 3 is 3.00 bits per heavy atom. The number of hydrogen-bond acceptors (Lipinski definition) is 4. The molecule has 0 aromatic carbocycles. The minimum absolute atomic E-state index is 0.179. The van der Waals surface area contributed by atoms with E-state index in [0.717, 1.165) is 0 Å². The summed E-state index contributed by atoms with van der Waals surface area (Å²) in [4.78, 5) is 1.38. The van der Waals surface area contributed by atoms with E-state index in [2.05, 4.69) is 10.2 Å². The van der Waals surface area contributed by atoms with Gasteiger partial charge in [-0.15, -0.1) is 0 Å². The number of hydrogen-bond donors (Lipinski definition) is 2. The van der Waals surface area contributed by atoms with Crippen LogP contribution >= 0.6 is 0 Å². The van der Waals surface area contributed by atoms with Gasteiger partial charge in [0.15, 0.2) is 0 Å². The fourth-order valence-electron chi connectivity index (χ4n) is 0.635. The van der Waals surface area contributed by atoms with Crippen LogP contribution in [0.4, 0.5) is 0 Å². The molecule has 10 heavy (non-hydrogen) atoms. The first kappa shape index (κ1) is 7.17. The number of aromatic nitrogens is 3. The summed E-state index contributed by atoms with van der Waals surface area (Å²) in [6.07, 6.45) is 0.811. The van der Waals surface area contributed by atoms with Crippen LogP contribution in [0.25, 0.3) is 0 Å². The lowest BCUT2D eigenvalue weighted by molar-refractivity contribution is 0.181. The number of aryl methyl sites for hydroxylation is 1. The first-order chi connectivity index (χ1) is 4.74. The number of rotatable bonds is 2. The zero-order valence-electron chi connectivity index (χ0n) is 5.73. The van der Waals surface area contributed by atoms with Crippen molar-refractivity contribution in [3.05, 3.63) is 11.9 Å². The standard InChI is InChI=1S/C5H10N4O/c1-9-7-3-4(8-9)5(10)2-6/h3,5,10H,2,6H2,1H3. The summed E-state index contributed by atoms with van der Waals surface area (Å²) in [5.74, 6) is 0. The van der Waals surface area contributed by atoms with Crippen molar-refractivity contribution in [1.82, 2.24) is 15.0 Å². The largest absolute Gasteiger partial charge is 0.385 e. The highest BCUT2D eigenvalue weighted by Gasteiger charge is 2.07. The molecular formula is C5H10N4O. The Bertz CT molecular complexity index is 209. The molecule has 56 valence electrons. The number of aliphatic hydroxyl groups excluding tert-OH is 1. The Kier molecular flexibility index (Phi) is 1.98. The van der Waals surface area contributed by atoms with E-state index < -0.39 is 6.10 Å². The molecule has 3 N–H and O–H groups in total. The van der Waals surface area contributed by atoms with Crippen LogP contribution in [0.15, 0.2) is 6.20 Å². The molecule has 0 aliphatic rings. The van der Waals surface area contributed by atoms with Gasteiger partial charge in [-0.2, -0.15) is 15.0 Å². The first-order valence-electron chi connectivity index (χ1n) is 2.98. The van der Waals surface area contributed by atoms with Gasteiger partial charge in [-0.25, -0.2) is 0 Å². The van der Waals surface area contributed by atoms with Crippen molar-refractivity contribution < 1.29 is 5.11 Å². The van der Waals surface area contributed by atoms with E-state index in [4.69, 9.17) is 10.8 Å². The maximum atomic E-state index is 9.10. The van der Waals surface area contributed by atoms with Gasteiger partial charge in [-0.05, 0) is 0 Å². The summed E-state index contributed by atoms with van der Waals surface area (Å²) in [5, 5.41) is 16.7. The average molecular weight is 142 g/mol. The molecule has 1 atom stereocenters. The molecule has 1 unspecified atom stereocenters. The molecule has 5 heteroatoms. The summed E-state index contributed by atoms with van der Waals surface area (Å²) in [6, 6.07) is 0. The highest BCUT2D eigenvalue weighted by Crippen LogP contribution is 2.03. The van der Waals surface area contributed by atoms with Crippen molar-refractivity contribution in [2.45, 2.75) is 6.10 Å². The van der Waals surface area contributed by atoms with Gasteiger partial charge in [0.2, 0.25) is 0 Å². The zero-order valence-corrected chi connectivity index (χ0v) is 5.73. The van der Waals surface area contributed by atoms with Crippen LogP contribution < -0.4 is 5.73 Å². The third-order valence-electron chi connectivity index (χ3n) is 1.18. The van der Waals surface area contributed by atoms with Crippen LogP contribution in [0.2, 0.25) is 0 Å². The molecule has 1 aromatic rings. The van der Waals surface area contributed by atoms with E-state index in [1.807, 2.05) is 0 Å². The van der Waals surface area contributed by atoms with Crippen LogP contribution in [0.1, 0.15) is 11.8 Å². The highest BCUT2D eigenvalue weighted by molar-refractivity contribution is 4.96. The highest BCUT2D eigenvalue weighted by atomic mass is 16.3. The lowest BCUT2D eigenvalue weighted by Gasteiger charge is -1.99. The van der Waals surface area contributed by atoms with E-state index in [-0.39, 0.29) is 6.54 Å². The molecular weight excluding hydrogens is 132 g/mol. The molecule has 0 aliphatic heterocycles. The Hall–Kier alpha value is -0.940. The van der Waals surface area contributed by atoms with E-state index in [0.29, 0.717) is 5.69 Å². The second-order valence-corrected chi connectivity index (χ2v) is 2.01. The fourth-order valence-corrected chi connectivity index (χ4v) is 0.635. The van der Waals surface area contributed by atoms with Crippen LogP contribution in [0.3, 0.4) is 0 Å². The molecule has 1 heterocycles. The Balaban J connectivity index is 2.74. The van der Waals surface area contributed by atoms with Crippen molar-refractivity contribution in [1.29, 1.82) is 0 Å². The predicted molar refractivity (Wildman–Crippen MR) is 35.0 cm³/mol. The molecule has 0 fully saturated rings. The Morgan fingerprint density at radius 1 is 1.90 bits per heavy atom. The molecule has 1 aromatic heterocycles. The minimum atomic E-state index is -0.686. The molecule has 5 nitrogen and oxygen atoms in total. The van der Waals surface area contributed by atoms with E-state index in [1.54, 1.807) is 7.05 Å². The minimum Gasteiger partial charge on any atom is -0.385 e. The topological polar surface area (TPSA) is 77.0 Å². The Morgan fingerprint density at radius 2 is 2.60 bits per heavy atom. The summed E-state index contributed by atoms with van der Waals surface area (Å²) in [7, 11) is 1.69. The number of aliphatic hydroxyl groups is 1. The molecule has 0 saturated heterocycles. The van der Waals surface area contributed by atoms with Crippen molar-refractivity contribution in [3.63, 3.8) is 0 Å². The van der Waals surface area contributed by atoms with Gasteiger partial charge in [-0.3, -0.25) is 0 Å². The quantitative estimate of drug-likeness (QED) is 0.544. The van der Waals surface area contributed by atoms with Crippen LogP contribution in [0.5, 0.6) is 0 Å². The second-order valence-electron chi connectivity index (χ2n) is 2.01. The maximum absolute atomic E-state index is 9.10. The lowest BCUT2D eigenvalue weighted by atomic mass is 10.3. The van der Waals surface area contributed by atoms with Crippen molar-refractivity contribution in [2.75, 3.05) is 6.54 Å². The van der Waals surface area contributed by atoms with Crippen molar-refractivity contribution >= 4 is 0 Å². The van der Waals surface area contributed by atoms with Crippen LogP contribution in [-0.4, -0.2) is 26.6 Å². The van der Waals surface area contributed by atoms with Crippen LogP contribution in [-0.2, 0) is 7.05 Å². The Labute approximate surface area is 58.5 Å². The van der Waals surface area contributed by atoms with Gasteiger partial charge in [-0.1, -0.05) is 0 Å². The van der Waals surface area contributed by atoms with Crippen LogP contribution in [0, 0.1) is 0 Å². The molecule has 0 spiro atoms. The zero-order chi connectivity index (χ0) is 7.56. The summed E-state index contributed by atoms with van der Waals surface area (Å²) >= 11 is 0. The first-order valence-corrected chi connectivity index (χ1v) is 2.98. The van der Waals surface area contributed by atoms with Crippen molar-refractivity contribution in [3.8, 4) is 0 Å². The second kappa shape index (κ2) is 2.76. The van der Waals surface area contributed by atoms with E-state index in [9.17, 15) is 0 Å². The van der Waals surface area contributed by atoms with Gasteiger partial charge < -0.3 is 10.8 Å². The molecule has 0 bridgehead atoms. The summed E-state index contributed by atoms with van der Waals surface area (Å²) in [6.45, 7) is 0.179. The maximum Gasteiger partial charge on any atom is 0.112 e. The number of nitrogens with zero attached hydrogens (tertiary/aromatic N) is 3. The molecule has 0 amide bonds. The third kappa shape index (κ3) is 1.31.